The van der Waals surface area contributed by atoms with Crippen LogP contribution in [-0.2, 0) is 13.1 Å². The van der Waals surface area contributed by atoms with Gasteiger partial charge in [-0.1, -0.05) is 11.8 Å². The lowest BCUT2D eigenvalue weighted by atomic mass is 10.3. The molecule has 1 N–H and O–H groups in total. The van der Waals surface area contributed by atoms with Crippen LogP contribution in [0.4, 0.5) is 0 Å². The number of nitrogens with zero attached hydrogens (tertiary/aromatic N) is 4. The quantitative estimate of drug-likeness (QED) is 0.863. The van der Waals surface area contributed by atoms with Gasteiger partial charge in [-0.2, -0.15) is 0 Å². The summed E-state index contributed by atoms with van der Waals surface area (Å²) >= 11 is 1.78. The Morgan fingerprint density at radius 3 is 3.31 bits per heavy atom. The van der Waals surface area contributed by atoms with Crippen LogP contribution in [0.3, 0.4) is 0 Å². The zero-order valence-electron chi connectivity index (χ0n) is 9.68. The Labute approximate surface area is 99.7 Å². The highest BCUT2D eigenvalue weighted by Crippen LogP contribution is 2.14. The zero-order chi connectivity index (χ0) is 11.4. The van der Waals surface area contributed by atoms with Crippen molar-refractivity contribution in [2.45, 2.75) is 39.4 Å². The SMILES string of the molecule is CCn1cnnc1CN=C1NC(C)CCS1. The van der Waals surface area contributed by atoms with Crippen LogP contribution in [0.1, 0.15) is 26.1 Å². The van der Waals surface area contributed by atoms with Crippen LogP contribution in [0.2, 0.25) is 0 Å². The maximum absolute atomic E-state index is 4.53. The van der Waals surface area contributed by atoms with E-state index in [9.17, 15) is 0 Å². The van der Waals surface area contributed by atoms with Crippen molar-refractivity contribution in [3.8, 4) is 0 Å². The predicted molar refractivity (Wildman–Crippen MR) is 66.5 cm³/mol. The molecule has 6 heteroatoms. The van der Waals surface area contributed by atoms with Crippen LogP contribution in [0.25, 0.3) is 0 Å². The predicted octanol–water partition coefficient (Wildman–Crippen LogP) is 1.27. The van der Waals surface area contributed by atoms with Crippen molar-refractivity contribution in [1.82, 2.24) is 20.1 Å². The molecule has 5 nitrogen and oxygen atoms in total. The Morgan fingerprint density at radius 1 is 1.69 bits per heavy atom. The number of amidine groups is 1. The van der Waals surface area contributed by atoms with Crippen LogP contribution in [0.15, 0.2) is 11.3 Å². The molecule has 1 atom stereocenters. The van der Waals surface area contributed by atoms with E-state index in [0.717, 1.165) is 23.3 Å². The van der Waals surface area contributed by atoms with Gasteiger partial charge >= 0.3 is 0 Å². The summed E-state index contributed by atoms with van der Waals surface area (Å²) in [6.45, 7) is 5.76. The maximum Gasteiger partial charge on any atom is 0.157 e. The topological polar surface area (TPSA) is 55.1 Å². The van der Waals surface area contributed by atoms with Crippen molar-refractivity contribution in [3.63, 3.8) is 0 Å². The third kappa shape index (κ3) is 2.75. The summed E-state index contributed by atoms with van der Waals surface area (Å²) in [4.78, 5) is 4.53. The first-order valence-electron chi connectivity index (χ1n) is 5.60. The van der Waals surface area contributed by atoms with Gasteiger partial charge in [0.05, 0.1) is 0 Å². The average Bonchev–Trinajstić information content (AvgIpc) is 2.74. The fourth-order valence-corrected chi connectivity index (χ4v) is 2.66. The van der Waals surface area contributed by atoms with Crippen molar-refractivity contribution in [1.29, 1.82) is 0 Å². The zero-order valence-corrected chi connectivity index (χ0v) is 10.5. The summed E-state index contributed by atoms with van der Waals surface area (Å²) in [6.07, 6.45) is 2.95. The van der Waals surface area contributed by atoms with E-state index in [-0.39, 0.29) is 0 Å². The monoisotopic (exact) mass is 239 g/mol. The molecule has 0 spiro atoms. The minimum atomic E-state index is 0.532. The molecule has 1 unspecified atom stereocenters. The number of hydrogen-bond acceptors (Lipinski definition) is 4. The minimum Gasteiger partial charge on any atom is -0.362 e. The Hall–Kier alpha value is -1.04. The summed E-state index contributed by atoms with van der Waals surface area (Å²) < 4.78 is 2.01. The minimum absolute atomic E-state index is 0.532. The highest BCUT2D eigenvalue weighted by molar-refractivity contribution is 8.13. The number of aliphatic imine (C=N–C) groups is 1. The van der Waals surface area contributed by atoms with E-state index in [4.69, 9.17) is 0 Å². The molecule has 1 aromatic heterocycles. The van der Waals surface area contributed by atoms with Gasteiger partial charge in [0.1, 0.15) is 12.9 Å². The summed E-state index contributed by atoms with van der Waals surface area (Å²) in [5.41, 5.74) is 0. The largest absolute Gasteiger partial charge is 0.362 e. The van der Waals surface area contributed by atoms with E-state index in [0.29, 0.717) is 12.6 Å². The van der Waals surface area contributed by atoms with Crippen molar-refractivity contribution in [2.24, 2.45) is 4.99 Å². The third-order valence-corrected chi connectivity index (χ3v) is 3.52. The first-order valence-corrected chi connectivity index (χ1v) is 6.58. The van der Waals surface area contributed by atoms with Crippen LogP contribution in [-0.4, -0.2) is 31.7 Å². The number of hydrogen-bond donors (Lipinski definition) is 1. The molecule has 1 aliphatic rings. The van der Waals surface area contributed by atoms with Gasteiger partial charge in [0, 0.05) is 18.3 Å². The number of aromatic nitrogens is 3. The number of thioether (sulfide) groups is 1. The van der Waals surface area contributed by atoms with E-state index < -0.39 is 0 Å². The first kappa shape index (κ1) is 11.4. The van der Waals surface area contributed by atoms with Gasteiger partial charge in [-0.15, -0.1) is 10.2 Å². The molecule has 0 radical (unpaired) electrons. The number of rotatable bonds is 3. The van der Waals surface area contributed by atoms with Crippen molar-refractivity contribution in [2.75, 3.05) is 5.75 Å². The first-order chi connectivity index (χ1) is 7.79. The van der Waals surface area contributed by atoms with Crippen LogP contribution < -0.4 is 5.32 Å². The second-order valence-electron chi connectivity index (χ2n) is 3.84. The van der Waals surface area contributed by atoms with Gasteiger partial charge in [-0.05, 0) is 20.3 Å². The van der Waals surface area contributed by atoms with Crippen LogP contribution >= 0.6 is 11.8 Å². The lowest BCUT2D eigenvalue weighted by Gasteiger charge is -2.21. The molecular weight excluding hydrogens is 222 g/mol. The van der Waals surface area contributed by atoms with Gasteiger partial charge < -0.3 is 9.88 Å². The molecule has 2 rings (SSSR count). The van der Waals surface area contributed by atoms with Gasteiger partial charge in [0.15, 0.2) is 11.0 Å². The molecule has 1 aromatic rings. The standard InChI is InChI=1S/C10H17N5S/c1-3-15-7-12-14-9(15)6-11-10-13-8(2)4-5-16-10/h7-8H,3-6H2,1-2H3,(H,11,13). The molecule has 88 valence electrons. The van der Waals surface area contributed by atoms with Crippen molar-refractivity contribution in [3.05, 3.63) is 12.2 Å². The lowest BCUT2D eigenvalue weighted by Crippen LogP contribution is -2.35. The summed E-state index contributed by atoms with van der Waals surface area (Å²) in [6, 6.07) is 0.532. The summed E-state index contributed by atoms with van der Waals surface area (Å²) in [7, 11) is 0. The molecule has 1 saturated heterocycles. The second-order valence-corrected chi connectivity index (χ2v) is 4.92. The van der Waals surface area contributed by atoms with Gasteiger partial charge in [-0.25, -0.2) is 0 Å². The molecule has 0 aromatic carbocycles. The molecule has 1 fully saturated rings. The van der Waals surface area contributed by atoms with E-state index in [1.54, 1.807) is 18.1 Å². The van der Waals surface area contributed by atoms with E-state index in [2.05, 4.69) is 34.4 Å². The molecule has 16 heavy (non-hydrogen) atoms. The highest BCUT2D eigenvalue weighted by Gasteiger charge is 2.13. The normalized spacial score (nSPS) is 23.4. The molecule has 0 amide bonds. The molecule has 2 heterocycles. The average molecular weight is 239 g/mol. The Morgan fingerprint density at radius 2 is 2.56 bits per heavy atom. The van der Waals surface area contributed by atoms with E-state index in [1.165, 1.54) is 6.42 Å². The molecule has 0 saturated carbocycles. The smallest absolute Gasteiger partial charge is 0.157 e. The number of aryl methyl sites for hydroxylation is 1. The Kier molecular flexibility index (Phi) is 3.82. The van der Waals surface area contributed by atoms with E-state index in [1.807, 2.05) is 4.57 Å². The van der Waals surface area contributed by atoms with E-state index >= 15 is 0 Å². The third-order valence-electron chi connectivity index (χ3n) is 2.56. The lowest BCUT2D eigenvalue weighted by molar-refractivity contribution is 0.639. The van der Waals surface area contributed by atoms with Crippen molar-refractivity contribution < 1.29 is 0 Å². The fourth-order valence-electron chi connectivity index (χ4n) is 1.56. The maximum atomic E-state index is 4.53. The molecule has 0 bridgehead atoms. The Bertz CT molecular complexity index is 373. The summed E-state index contributed by atoms with van der Waals surface area (Å²) in [5.74, 6) is 2.07. The van der Waals surface area contributed by atoms with Crippen LogP contribution in [0, 0.1) is 0 Å². The van der Waals surface area contributed by atoms with Gasteiger partial charge in [-0.3, -0.25) is 4.99 Å². The van der Waals surface area contributed by atoms with Crippen molar-refractivity contribution >= 4 is 16.9 Å². The Balaban J connectivity index is 1.97. The van der Waals surface area contributed by atoms with Crippen LogP contribution in [0.5, 0.6) is 0 Å². The van der Waals surface area contributed by atoms with Gasteiger partial charge in [0.2, 0.25) is 0 Å². The summed E-state index contributed by atoms with van der Waals surface area (Å²) in [5, 5.41) is 12.4. The highest BCUT2D eigenvalue weighted by atomic mass is 32.2. The molecular formula is C10H17N5S. The second kappa shape index (κ2) is 5.34. The number of nitrogens with one attached hydrogen (secondary N) is 1. The fraction of sp³-hybridized carbons (Fsp3) is 0.700. The van der Waals surface area contributed by atoms with Gasteiger partial charge in [0.25, 0.3) is 0 Å². The molecule has 1 aliphatic heterocycles. The molecule has 0 aliphatic carbocycles.